The number of aryl methyl sites for hydroxylation is 1. The highest BCUT2D eigenvalue weighted by Gasteiger charge is 2.26. The second kappa shape index (κ2) is 10.3. The van der Waals surface area contributed by atoms with Crippen molar-refractivity contribution in [2.45, 2.75) is 25.9 Å². The fourth-order valence-corrected chi connectivity index (χ4v) is 4.00. The van der Waals surface area contributed by atoms with Crippen LogP contribution in [-0.4, -0.2) is 43.4 Å². The lowest BCUT2D eigenvalue weighted by atomic mass is 10.1. The Balaban J connectivity index is 1.59. The van der Waals surface area contributed by atoms with Gasteiger partial charge in [-0.2, -0.15) is 0 Å². The van der Waals surface area contributed by atoms with Gasteiger partial charge in [0.2, 0.25) is 0 Å². The fourth-order valence-electron chi connectivity index (χ4n) is 4.00. The van der Waals surface area contributed by atoms with Crippen LogP contribution in [-0.2, 0) is 18.4 Å². The number of amidine groups is 1. The van der Waals surface area contributed by atoms with Crippen molar-refractivity contribution < 1.29 is 14.7 Å². The Morgan fingerprint density at radius 1 is 1.14 bits per heavy atom. The first-order valence-corrected chi connectivity index (χ1v) is 11.3. The number of amides is 1. The molecule has 0 aliphatic carbocycles. The lowest BCUT2D eigenvalue weighted by molar-refractivity contribution is -0.137. The summed E-state index contributed by atoms with van der Waals surface area (Å²) in [5.41, 5.74) is 8.92. The summed E-state index contributed by atoms with van der Waals surface area (Å²) in [7, 11) is 1.90. The predicted molar refractivity (Wildman–Crippen MR) is 138 cm³/mol. The smallest absolute Gasteiger partial charge is 0.305 e. The zero-order chi connectivity index (χ0) is 25.8. The first-order chi connectivity index (χ1) is 17.2. The number of carbonyl (C=O) groups excluding carboxylic acids is 1. The van der Waals surface area contributed by atoms with Gasteiger partial charge >= 0.3 is 5.97 Å². The Hall–Kier alpha value is -4.73. The summed E-state index contributed by atoms with van der Waals surface area (Å²) >= 11 is 0. The van der Waals surface area contributed by atoms with Crippen LogP contribution in [0.5, 0.6) is 0 Å². The molecule has 0 aliphatic heterocycles. The van der Waals surface area contributed by atoms with Gasteiger partial charge in [-0.1, -0.05) is 6.07 Å². The van der Waals surface area contributed by atoms with Crippen molar-refractivity contribution in [1.82, 2.24) is 14.5 Å². The molecule has 10 nitrogen and oxygen atoms in total. The van der Waals surface area contributed by atoms with Crippen molar-refractivity contribution in [2.75, 3.05) is 10.2 Å². The van der Waals surface area contributed by atoms with E-state index in [9.17, 15) is 14.7 Å². The highest BCUT2D eigenvalue weighted by Crippen LogP contribution is 2.23. The maximum Gasteiger partial charge on any atom is 0.305 e. The van der Waals surface area contributed by atoms with Crippen LogP contribution in [0.2, 0.25) is 0 Å². The minimum Gasteiger partial charge on any atom is -0.481 e. The van der Waals surface area contributed by atoms with Crippen LogP contribution >= 0.6 is 0 Å². The Bertz CT molecular complexity index is 1420. The molecule has 5 N–H and O–H groups in total. The van der Waals surface area contributed by atoms with Crippen LogP contribution in [0.25, 0.3) is 11.0 Å². The van der Waals surface area contributed by atoms with E-state index in [1.165, 1.54) is 4.90 Å². The Morgan fingerprint density at radius 3 is 2.50 bits per heavy atom. The first kappa shape index (κ1) is 24.4. The number of aromatic nitrogens is 3. The van der Waals surface area contributed by atoms with Crippen molar-refractivity contribution in [3.05, 3.63) is 83.8 Å². The standard InChI is InChI=1S/C26H27N7O3/c1-16(13-24(34)35)33(22-5-3-4-12-29-22)26(36)18-8-11-21-20(14-18)31-23(32(21)2)15-30-19-9-6-17(7-10-19)25(27)28/h3-12,14,16,30H,13,15H2,1-2H3,(H3,27,28)(H,34,35). The van der Waals surface area contributed by atoms with Crippen LogP contribution in [0.1, 0.15) is 35.1 Å². The second-order valence-electron chi connectivity index (χ2n) is 8.45. The van der Waals surface area contributed by atoms with Crippen molar-refractivity contribution in [1.29, 1.82) is 5.41 Å². The molecule has 0 saturated heterocycles. The first-order valence-electron chi connectivity index (χ1n) is 11.3. The summed E-state index contributed by atoms with van der Waals surface area (Å²) in [6, 6.07) is 17.1. The number of pyridine rings is 1. The minimum absolute atomic E-state index is 0.0150. The van der Waals surface area contributed by atoms with E-state index in [0.717, 1.165) is 17.0 Å². The van der Waals surface area contributed by atoms with E-state index in [1.54, 1.807) is 55.6 Å². The lowest BCUT2D eigenvalue weighted by Crippen LogP contribution is -2.40. The molecule has 4 rings (SSSR count). The van der Waals surface area contributed by atoms with Crippen molar-refractivity contribution >= 4 is 40.3 Å². The summed E-state index contributed by atoms with van der Waals surface area (Å²) < 4.78 is 1.95. The number of imidazole rings is 1. The van der Waals surface area contributed by atoms with E-state index in [4.69, 9.17) is 16.1 Å². The molecular formula is C26H27N7O3. The molecule has 0 spiro atoms. The third kappa shape index (κ3) is 5.17. The van der Waals surface area contributed by atoms with Crippen LogP contribution in [0.15, 0.2) is 66.9 Å². The van der Waals surface area contributed by atoms with Crippen LogP contribution < -0.4 is 16.0 Å². The number of anilines is 2. The molecule has 0 aliphatic rings. The molecule has 36 heavy (non-hydrogen) atoms. The zero-order valence-electron chi connectivity index (χ0n) is 20.0. The maximum atomic E-state index is 13.5. The molecule has 1 amide bonds. The molecular weight excluding hydrogens is 458 g/mol. The highest BCUT2D eigenvalue weighted by molar-refractivity contribution is 6.07. The molecule has 2 heterocycles. The number of carboxylic acid groups (broad SMARTS) is 1. The Morgan fingerprint density at radius 2 is 1.86 bits per heavy atom. The van der Waals surface area contributed by atoms with Gasteiger partial charge in [0.15, 0.2) is 0 Å². The molecule has 184 valence electrons. The van der Waals surface area contributed by atoms with E-state index in [0.29, 0.717) is 29.0 Å². The quantitative estimate of drug-likeness (QED) is 0.210. The normalized spacial score (nSPS) is 11.7. The number of nitrogens with two attached hydrogens (primary N) is 1. The van der Waals surface area contributed by atoms with E-state index < -0.39 is 12.0 Å². The minimum atomic E-state index is -0.996. The van der Waals surface area contributed by atoms with Crippen molar-refractivity contribution in [2.24, 2.45) is 12.8 Å². The van der Waals surface area contributed by atoms with Gasteiger partial charge in [-0.15, -0.1) is 0 Å². The maximum absolute atomic E-state index is 13.5. The molecule has 4 aromatic rings. The molecule has 1 atom stereocenters. The summed E-state index contributed by atoms with van der Waals surface area (Å²) in [5.74, 6) is -0.171. The van der Waals surface area contributed by atoms with Crippen molar-refractivity contribution in [3.63, 3.8) is 0 Å². The third-order valence-electron chi connectivity index (χ3n) is 5.89. The molecule has 0 bridgehead atoms. The van der Waals surface area contributed by atoms with Gasteiger partial charge in [-0.05, 0) is 61.5 Å². The summed E-state index contributed by atoms with van der Waals surface area (Å²) in [5, 5.41) is 20.1. The number of nitrogens with one attached hydrogen (secondary N) is 2. The van der Waals surface area contributed by atoms with E-state index in [-0.39, 0.29) is 18.2 Å². The van der Waals surface area contributed by atoms with E-state index >= 15 is 0 Å². The molecule has 2 aromatic carbocycles. The van der Waals surface area contributed by atoms with Gasteiger partial charge in [-0.3, -0.25) is 19.9 Å². The van der Waals surface area contributed by atoms with Gasteiger partial charge < -0.3 is 20.7 Å². The third-order valence-corrected chi connectivity index (χ3v) is 5.89. The van der Waals surface area contributed by atoms with Crippen molar-refractivity contribution in [3.8, 4) is 0 Å². The van der Waals surface area contributed by atoms with Gasteiger partial charge in [-0.25, -0.2) is 9.97 Å². The monoisotopic (exact) mass is 485 g/mol. The van der Waals surface area contributed by atoms with E-state index in [2.05, 4.69) is 10.3 Å². The van der Waals surface area contributed by atoms with Crippen LogP contribution in [0, 0.1) is 5.41 Å². The van der Waals surface area contributed by atoms with Gasteiger partial charge in [0.25, 0.3) is 5.91 Å². The number of carboxylic acids is 1. The van der Waals surface area contributed by atoms with Gasteiger partial charge in [0.05, 0.1) is 24.0 Å². The number of carbonyl (C=O) groups is 2. The number of rotatable bonds is 9. The molecule has 1 unspecified atom stereocenters. The Kier molecular flexibility index (Phi) is 6.95. The number of nitrogens with zero attached hydrogens (tertiary/aromatic N) is 4. The number of nitrogen functional groups attached to an aromatic ring is 1. The Labute approximate surface area is 207 Å². The number of aliphatic carboxylic acids is 1. The molecule has 0 fully saturated rings. The predicted octanol–water partition coefficient (Wildman–Crippen LogP) is 3.37. The zero-order valence-corrected chi connectivity index (χ0v) is 20.0. The highest BCUT2D eigenvalue weighted by atomic mass is 16.4. The number of fused-ring (bicyclic) bond motifs is 1. The molecule has 0 radical (unpaired) electrons. The van der Waals surface area contributed by atoms with Gasteiger partial charge in [0.1, 0.15) is 17.5 Å². The topological polar surface area (TPSA) is 150 Å². The van der Waals surface area contributed by atoms with Crippen LogP contribution in [0.4, 0.5) is 11.5 Å². The second-order valence-corrected chi connectivity index (χ2v) is 8.45. The SMILES string of the molecule is CC(CC(=O)O)N(C(=O)c1ccc2c(c1)nc(CNc1ccc(C(=N)N)cc1)n2C)c1ccccn1. The lowest BCUT2D eigenvalue weighted by Gasteiger charge is -2.27. The molecule has 0 saturated carbocycles. The fraction of sp³-hybridized carbons (Fsp3) is 0.192. The largest absolute Gasteiger partial charge is 0.481 e. The molecule has 2 aromatic heterocycles. The summed E-state index contributed by atoms with van der Waals surface area (Å²) in [6.45, 7) is 2.14. The number of benzene rings is 2. The molecule has 10 heteroatoms. The average molecular weight is 486 g/mol. The summed E-state index contributed by atoms with van der Waals surface area (Å²) in [4.78, 5) is 35.2. The average Bonchev–Trinajstić information content (AvgIpc) is 3.18. The van der Waals surface area contributed by atoms with E-state index in [1.807, 2.05) is 29.8 Å². The number of hydrogen-bond donors (Lipinski definition) is 4. The van der Waals surface area contributed by atoms with Crippen LogP contribution in [0.3, 0.4) is 0 Å². The van der Waals surface area contributed by atoms with Gasteiger partial charge in [0, 0.05) is 36.1 Å². The summed E-state index contributed by atoms with van der Waals surface area (Å²) in [6.07, 6.45) is 1.36. The number of hydrogen-bond acceptors (Lipinski definition) is 6.